The van der Waals surface area contributed by atoms with E-state index in [0.29, 0.717) is 44.3 Å². The Hall–Kier alpha value is -1.52. The number of hydrogen-bond donors (Lipinski definition) is 1. The maximum Gasteiger partial charge on any atom is 0.251 e. The van der Waals surface area contributed by atoms with Crippen molar-refractivity contribution in [2.24, 2.45) is 5.92 Å². The second-order valence-corrected chi connectivity index (χ2v) is 9.65. The molecule has 162 valence electrons. The fourth-order valence-corrected chi connectivity index (χ4v) is 5.12. The number of nitrogens with zero attached hydrogens (tertiary/aromatic N) is 2. The van der Waals surface area contributed by atoms with Gasteiger partial charge >= 0.3 is 0 Å². The van der Waals surface area contributed by atoms with E-state index in [1.807, 2.05) is 0 Å². The van der Waals surface area contributed by atoms with E-state index in [0.717, 1.165) is 26.3 Å². The normalized spacial score (nSPS) is 20.5. The SMILES string of the molecule is CC(C)C(CNC(=O)c1ccc(S(=O)(=O)N2CCOCC2)cc1)N1CCOCC1. The van der Waals surface area contributed by atoms with Crippen LogP contribution in [0, 0.1) is 5.92 Å². The Morgan fingerprint density at radius 1 is 1.00 bits per heavy atom. The fraction of sp³-hybridized carbons (Fsp3) is 0.650. The molecule has 1 amide bonds. The first kappa shape index (κ1) is 22.2. The Labute approximate surface area is 173 Å². The predicted molar refractivity (Wildman–Crippen MR) is 109 cm³/mol. The first-order chi connectivity index (χ1) is 13.9. The van der Waals surface area contributed by atoms with Crippen LogP contribution in [0.4, 0.5) is 0 Å². The summed E-state index contributed by atoms with van der Waals surface area (Å²) in [5.41, 5.74) is 0.454. The number of rotatable bonds is 7. The molecule has 8 nitrogen and oxygen atoms in total. The van der Waals surface area contributed by atoms with Crippen molar-refractivity contribution < 1.29 is 22.7 Å². The van der Waals surface area contributed by atoms with E-state index in [1.54, 1.807) is 12.1 Å². The fourth-order valence-electron chi connectivity index (χ4n) is 3.71. The number of hydrogen-bond acceptors (Lipinski definition) is 6. The summed E-state index contributed by atoms with van der Waals surface area (Å²) in [4.78, 5) is 15.1. The van der Waals surface area contributed by atoms with Crippen molar-refractivity contribution in [3.8, 4) is 0 Å². The molecule has 0 radical (unpaired) electrons. The molecule has 2 saturated heterocycles. The van der Waals surface area contributed by atoms with Gasteiger partial charge in [-0.1, -0.05) is 13.8 Å². The summed E-state index contributed by atoms with van der Waals surface area (Å²) in [6, 6.07) is 6.39. The Kier molecular flexibility index (Phi) is 7.64. The lowest BCUT2D eigenvalue weighted by atomic mass is 10.0. The van der Waals surface area contributed by atoms with Gasteiger partial charge in [-0.25, -0.2) is 8.42 Å². The Bertz CT molecular complexity index is 770. The van der Waals surface area contributed by atoms with Crippen molar-refractivity contribution in [2.75, 3.05) is 59.2 Å². The molecule has 29 heavy (non-hydrogen) atoms. The number of nitrogens with one attached hydrogen (secondary N) is 1. The average Bonchev–Trinajstić information content (AvgIpc) is 2.75. The maximum absolute atomic E-state index is 12.7. The van der Waals surface area contributed by atoms with Crippen LogP contribution in [0.2, 0.25) is 0 Å². The smallest absolute Gasteiger partial charge is 0.251 e. The summed E-state index contributed by atoms with van der Waals surface area (Å²) in [6.07, 6.45) is 0. The van der Waals surface area contributed by atoms with Gasteiger partial charge < -0.3 is 14.8 Å². The van der Waals surface area contributed by atoms with Crippen LogP contribution in [0.5, 0.6) is 0 Å². The minimum atomic E-state index is -3.55. The third kappa shape index (κ3) is 5.55. The number of carbonyl (C=O) groups excluding carboxylic acids is 1. The molecule has 0 aliphatic carbocycles. The molecule has 2 fully saturated rings. The summed E-state index contributed by atoms with van der Waals surface area (Å²) in [5, 5.41) is 3.00. The molecule has 1 aromatic carbocycles. The predicted octanol–water partition coefficient (Wildman–Crippen LogP) is 0.794. The van der Waals surface area contributed by atoms with Crippen LogP contribution >= 0.6 is 0 Å². The van der Waals surface area contributed by atoms with Crippen molar-refractivity contribution in [1.82, 2.24) is 14.5 Å². The molecule has 0 aromatic heterocycles. The molecule has 0 spiro atoms. The van der Waals surface area contributed by atoms with Gasteiger partial charge in [0.1, 0.15) is 0 Å². The summed E-state index contributed by atoms with van der Waals surface area (Å²) in [6.45, 7) is 9.52. The average molecular weight is 426 g/mol. The molecule has 2 aliphatic rings. The van der Waals surface area contributed by atoms with Crippen molar-refractivity contribution in [3.05, 3.63) is 29.8 Å². The van der Waals surface area contributed by atoms with Crippen LogP contribution in [0.1, 0.15) is 24.2 Å². The van der Waals surface area contributed by atoms with Crippen molar-refractivity contribution in [3.63, 3.8) is 0 Å². The number of carbonyl (C=O) groups is 1. The van der Waals surface area contributed by atoms with Gasteiger partial charge in [-0.3, -0.25) is 9.69 Å². The zero-order chi connectivity index (χ0) is 20.9. The van der Waals surface area contributed by atoms with E-state index in [4.69, 9.17) is 9.47 Å². The van der Waals surface area contributed by atoms with E-state index in [9.17, 15) is 13.2 Å². The number of benzene rings is 1. The first-order valence-corrected chi connectivity index (χ1v) is 11.6. The molecule has 1 unspecified atom stereocenters. The maximum atomic E-state index is 12.7. The zero-order valence-electron chi connectivity index (χ0n) is 17.2. The molecule has 1 aromatic rings. The molecule has 3 rings (SSSR count). The highest BCUT2D eigenvalue weighted by Crippen LogP contribution is 2.18. The lowest BCUT2D eigenvalue weighted by Gasteiger charge is -2.36. The molecule has 0 saturated carbocycles. The standard InChI is InChI=1S/C20H31N3O5S/c1-16(2)19(22-7-11-27-12-8-22)15-21-20(24)17-3-5-18(6-4-17)29(25,26)23-9-13-28-14-10-23/h3-6,16,19H,7-15H2,1-2H3,(H,21,24). The number of amides is 1. The van der Waals surface area contributed by atoms with Gasteiger partial charge in [0.2, 0.25) is 10.0 Å². The molecule has 0 bridgehead atoms. The van der Waals surface area contributed by atoms with Crippen molar-refractivity contribution in [2.45, 2.75) is 24.8 Å². The van der Waals surface area contributed by atoms with Crippen LogP contribution in [0.25, 0.3) is 0 Å². The minimum absolute atomic E-state index is 0.195. The van der Waals surface area contributed by atoms with Crippen LogP contribution in [0.15, 0.2) is 29.2 Å². The quantitative estimate of drug-likeness (QED) is 0.695. The Morgan fingerprint density at radius 3 is 2.10 bits per heavy atom. The molecule has 2 aliphatic heterocycles. The van der Waals surface area contributed by atoms with E-state index in [1.165, 1.54) is 16.4 Å². The topological polar surface area (TPSA) is 88.2 Å². The highest BCUT2D eigenvalue weighted by molar-refractivity contribution is 7.89. The van der Waals surface area contributed by atoms with Crippen LogP contribution in [-0.4, -0.2) is 88.7 Å². The van der Waals surface area contributed by atoms with E-state index in [2.05, 4.69) is 24.1 Å². The zero-order valence-corrected chi connectivity index (χ0v) is 18.0. The summed E-state index contributed by atoms with van der Waals surface area (Å²) in [7, 11) is -3.55. The van der Waals surface area contributed by atoms with Gasteiger partial charge in [-0.05, 0) is 30.2 Å². The lowest BCUT2D eigenvalue weighted by Crippen LogP contribution is -2.51. The van der Waals surface area contributed by atoms with Crippen LogP contribution in [-0.2, 0) is 19.5 Å². The molecule has 9 heteroatoms. The number of sulfonamides is 1. The molecular weight excluding hydrogens is 394 g/mol. The van der Waals surface area contributed by atoms with Gasteiger partial charge in [-0.2, -0.15) is 4.31 Å². The lowest BCUT2D eigenvalue weighted by molar-refractivity contribution is 0.00672. The Balaban J connectivity index is 1.61. The van der Waals surface area contributed by atoms with Gasteiger partial charge in [-0.15, -0.1) is 0 Å². The summed E-state index contributed by atoms with van der Waals surface area (Å²) in [5.74, 6) is 0.202. The molecule has 2 heterocycles. The number of morpholine rings is 2. The van der Waals surface area contributed by atoms with E-state index in [-0.39, 0.29) is 16.8 Å². The second-order valence-electron chi connectivity index (χ2n) is 7.71. The van der Waals surface area contributed by atoms with Crippen molar-refractivity contribution in [1.29, 1.82) is 0 Å². The van der Waals surface area contributed by atoms with E-state index < -0.39 is 10.0 Å². The third-order valence-corrected chi connectivity index (χ3v) is 7.39. The second kappa shape index (κ2) is 9.99. The van der Waals surface area contributed by atoms with Crippen LogP contribution < -0.4 is 5.32 Å². The molecule has 1 atom stereocenters. The first-order valence-electron chi connectivity index (χ1n) is 10.2. The minimum Gasteiger partial charge on any atom is -0.379 e. The summed E-state index contributed by atoms with van der Waals surface area (Å²) < 4.78 is 37.4. The monoisotopic (exact) mass is 425 g/mol. The van der Waals surface area contributed by atoms with Gasteiger partial charge in [0.05, 0.1) is 31.3 Å². The van der Waals surface area contributed by atoms with Gasteiger partial charge in [0, 0.05) is 44.3 Å². The molecule has 1 N–H and O–H groups in total. The van der Waals surface area contributed by atoms with Gasteiger partial charge in [0.25, 0.3) is 5.91 Å². The largest absolute Gasteiger partial charge is 0.379 e. The highest BCUT2D eigenvalue weighted by atomic mass is 32.2. The number of ether oxygens (including phenoxy) is 2. The van der Waals surface area contributed by atoms with Crippen LogP contribution in [0.3, 0.4) is 0 Å². The third-order valence-electron chi connectivity index (χ3n) is 5.48. The Morgan fingerprint density at radius 2 is 1.55 bits per heavy atom. The molecular formula is C20H31N3O5S. The summed E-state index contributed by atoms with van der Waals surface area (Å²) >= 11 is 0. The van der Waals surface area contributed by atoms with E-state index >= 15 is 0 Å². The highest BCUT2D eigenvalue weighted by Gasteiger charge is 2.27. The van der Waals surface area contributed by atoms with Gasteiger partial charge in [0.15, 0.2) is 0 Å². The van der Waals surface area contributed by atoms with Crippen molar-refractivity contribution >= 4 is 15.9 Å².